The fourth-order valence-electron chi connectivity index (χ4n) is 2.63. The Balaban J connectivity index is 1.59. The van der Waals surface area contributed by atoms with Crippen molar-refractivity contribution in [2.75, 3.05) is 24.7 Å². The summed E-state index contributed by atoms with van der Waals surface area (Å²) in [6, 6.07) is 13.3. The van der Waals surface area contributed by atoms with Crippen molar-refractivity contribution in [3.63, 3.8) is 0 Å². The van der Waals surface area contributed by atoms with Crippen LogP contribution in [0.25, 0.3) is 0 Å². The van der Waals surface area contributed by atoms with Gasteiger partial charge in [-0.15, -0.1) is 0 Å². The quantitative estimate of drug-likeness (QED) is 0.812. The van der Waals surface area contributed by atoms with Gasteiger partial charge in [0.25, 0.3) is 0 Å². The summed E-state index contributed by atoms with van der Waals surface area (Å²) >= 11 is 0. The lowest BCUT2D eigenvalue weighted by Gasteiger charge is -2.31. The number of amides is 1. The predicted octanol–water partition coefficient (Wildman–Crippen LogP) is 2.68. The van der Waals surface area contributed by atoms with Gasteiger partial charge in [0.1, 0.15) is 11.5 Å². The summed E-state index contributed by atoms with van der Waals surface area (Å²) in [6.07, 6.45) is 1.16. The van der Waals surface area contributed by atoms with Crippen LogP contribution in [0, 0.1) is 11.8 Å². The smallest absolute Gasteiger partial charge is 0.227 e. The molecule has 0 aromatic heterocycles. The summed E-state index contributed by atoms with van der Waals surface area (Å²) in [5.41, 5.74) is 0.717. The molecule has 1 aliphatic rings. The third kappa shape index (κ3) is 4.42. The van der Waals surface area contributed by atoms with Gasteiger partial charge in [-0.2, -0.15) is 0 Å². The molecule has 2 aromatic rings. The molecular formula is C19H22N2O4S. The van der Waals surface area contributed by atoms with E-state index in [4.69, 9.17) is 4.74 Å². The second kappa shape index (κ2) is 7.47. The third-order valence-electron chi connectivity index (χ3n) is 4.54. The molecule has 138 valence electrons. The fraction of sp³-hybridized carbons (Fsp3) is 0.316. The van der Waals surface area contributed by atoms with Gasteiger partial charge in [-0.3, -0.25) is 4.79 Å². The normalized spacial score (nSPS) is 15.8. The van der Waals surface area contributed by atoms with Crippen molar-refractivity contribution in [1.29, 1.82) is 0 Å². The molecule has 1 heterocycles. The van der Waals surface area contributed by atoms with Crippen molar-refractivity contribution in [2.24, 2.45) is 11.8 Å². The number of rotatable bonds is 6. The third-order valence-corrected chi connectivity index (χ3v) is 5.67. The molecule has 1 fully saturated rings. The van der Waals surface area contributed by atoms with Crippen LogP contribution in [0.2, 0.25) is 0 Å². The highest BCUT2D eigenvalue weighted by Gasteiger charge is 2.28. The number of carbonyl (C=O) groups excluding carboxylic acids is 1. The van der Waals surface area contributed by atoms with E-state index in [0.717, 1.165) is 19.3 Å². The van der Waals surface area contributed by atoms with Crippen molar-refractivity contribution >= 4 is 21.4 Å². The average molecular weight is 374 g/mol. The maximum atomic E-state index is 12.2. The molecule has 0 saturated carbocycles. The average Bonchev–Trinajstić information content (AvgIpc) is 2.54. The topological polar surface area (TPSA) is 84.5 Å². The molecule has 6 nitrogen and oxygen atoms in total. The van der Waals surface area contributed by atoms with Crippen LogP contribution in [-0.4, -0.2) is 33.7 Å². The van der Waals surface area contributed by atoms with Crippen LogP contribution in [-0.2, 0) is 14.6 Å². The minimum Gasteiger partial charge on any atom is -0.457 e. The summed E-state index contributed by atoms with van der Waals surface area (Å²) in [6.45, 7) is 3.72. The van der Waals surface area contributed by atoms with E-state index in [-0.39, 0.29) is 16.7 Å². The first-order valence-corrected chi connectivity index (χ1v) is 10.3. The number of anilines is 1. The van der Waals surface area contributed by atoms with Gasteiger partial charge in [-0.25, -0.2) is 8.42 Å². The Kier molecular flexibility index (Phi) is 5.29. The molecule has 1 saturated heterocycles. The van der Waals surface area contributed by atoms with Gasteiger partial charge in [0, 0.05) is 17.9 Å². The zero-order chi connectivity index (χ0) is 18.7. The van der Waals surface area contributed by atoms with E-state index in [9.17, 15) is 13.2 Å². The number of carbonyl (C=O) groups is 1. The lowest BCUT2D eigenvalue weighted by Crippen LogP contribution is -2.48. The molecule has 2 N–H and O–H groups in total. The summed E-state index contributed by atoms with van der Waals surface area (Å²) in [5, 5.41) is 6.09. The van der Waals surface area contributed by atoms with Gasteiger partial charge < -0.3 is 15.4 Å². The fourth-order valence-corrected chi connectivity index (χ4v) is 3.26. The van der Waals surface area contributed by atoms with Crippen LogP contribution in [0.4, 0.5) is 5.69 Å². The van der Waals surface area contributed by atoms with Crippen LogP contribution in [0.15, 0.2) is 53.4 Å². The lowest BCUT2D eigenvalue weighted by molar-refractivity contribution is -0.121. The summed E-state index contributed by atoms with van der Waals surface area (Å²) < 4.78 is 28.6. The molecule has 7 heteroatoms. The highest BCUT2D eigenvalue weighted by Crippen LogP contribution is 2.25. The Morgan fingerprint density at radius 2 is 1.62 bits per heavy atom. The molecule has 2 aromatic carbocycles. The molecule has 1 atom stereocenters. The van der Waals surface area contributed by atoms with E-state index in [1.54, 1.807) is 36.4 Å². The molecular weight excluding hydrogens is 352 g/mol. The molecule has 0 bridgehead atoms. The molecule has 1 unspecified atom stereocenters. The standard InChI is InChI=1S/C19H22N2O4S/c1-13(14-11-20-12-14)19(22)21-15-3-5-16(6-4-15)25-17-7-9-18(10-8-17)26(2,23)24/h3-10,13-14,20H,11-12H2,1-2H3,(H,21,22). The van der Waals surface area contributed by atoms with E-state index in [1.807, 2.05) is 6.92 Å². The van der Waals surface area contributed by atoms with Gasteiger partial charge in [0.15, 0.2) is 9.84 Å². The van der Waals surface area contributed by atoms with Crippen molar-refractivity contribution in [3.05, 3.63) is 48.5 Å². The lowest BCUT2D eigenvalue weighted by atomic mass is 9.88. The zero-order valence-corrected chi connectivity index (χ0v) is 15.5. The van der Waals surface area contributed by atoms with Crippen LogP contribution in [0.5, 0.6) is 11.5 Å². The van der Waals surface area contributed by atoms with Crippen molar-refractivity contribution in [1.82, 2.24) is 5.32 Å². The summed E-state index contributed by atoms with van der Waals surface area (Å²) in [7, 11) is -3.22. The molecule has 0 radical (unpaired) electrons. The van der Waals surface area contributed by atoms with Gasteiger partial charge >= 0.3 is 0 Å². The Bertz CT molecular complexity index is 873. The summed E-state index contributed by atoms with van der Waals surface area (Å²) in [4.78, 5) is 12.5. The van der Waals surface area contributed by atoms with Crippen LogP contribution in [0.3, 0.4) is 0 Å². The van der Waals surface area contributed by atoms with Gasteiger partial charge in [0.05, 0.1) is 4.90 Å². The van der Waals surface area contributed by atoms with E-state index < -0.39 is 9.84 Å². The number of benzene rings is 2. The second-order valence-electron chi connectivity index (χ2n) is 6.57. The maximum Gasteiger partial charge on any atom is 0.227 e. The van der Waals surface area contributed by atoms with Crippen LogP contribution < -0.4 is 15.4 Å². The minimum absolute atomic E-state index is 0.0153. The largest absolute Gasteiger partial charge is 0.457 e. The molecule has 1 amide bonds. The molecule has 26 heavy (non-hydrogen) atoms. The summed E-state index contributed by atoms with van der Waals surface area (Å²) in [5.74, 6) is 1.53. The highest BCUT2D eigenvalue weighted by atomic mass is 32.2. The number of sulfone groups is 1. The maximum absolute atomic E-state index is 12.2. The zero-order valence-electron chi connectivity index (χ0n) is 14.7. The molecule has 3 rings (SSSR count). The number of nitrogens with one attached hydrogen (secondary N) is 2. The predicted molar refractivity (Wildman–Crippen MR) is 100 cm³/mol. The second-order valence-corrected chi connectivity index (χ2v) is 8.58. The Hall–Kier alpha value is -2.38. The first kappa shape index (κ1) is 18.4. The highest BCUT2D eigenvalue weighted by molar-refractivity contribution is 7.90. The molecule has 0 spiro atoms. The van der Waals surface area contributed by atoms with E-state index >= 15 is 0 Å². The molecule has 1 aliphatic heterocycles. The molecule has 0 aliphatic carbocycles. The number of hydrogen-bond donors (Lipinski definition) is 2. The first-order chi connectivity index (χ1) is 12.3. The Morgan fingerprint density at radius 3 is 2.08 bits per heavy atom. The van der Waals surface area contributed by atoms with Gasteiger partial charge in [-0.1, -0.05) is 6.92 Å². The van der Waals surface area contributed by atoms with Crippen LogP contribution >= 0.6 is 0 Å². The van der Waals surface area contributed by atoms with Crippen molar-refractivity contribution < 1.29 is 17.9 Å². The Morgan fingerprint density at radius 1 is 1.08 bits per heavy atom. The van der Waals surface area contributed by atoms with Gasteiger partial charge in [-0.05, 0) is 67.5 Å². The first-order valence-electron chi connectivity index (χ1n) is 8.42. The van der Waals surface area contributed by atoms with Crippen LogP contribution in [0.1, 0.15) is 6.92 Å². The SMILES string of the molecule is CC(C(=O)Nc1ccc(Oc2ccc(S(C)(=O)=O)cc2)cc1)C1CNC1. The van der Waals surface area contributed by atoms with E-state index in [2.05, 4.69) is 10.6 Å². The number of hydrogen-bond acceptors (Lipinski definition) is 5. The van der Waals surface area contributed by atoms with E-state index in [1.165, 1.54) is 12.1 Å². The van der Waals surface area contributed by atoms with E-state index in [0.29, 0.717) is 23.1 Å². The Labute approximate surface area is 153 Å². The number of ether oxygens (including phenoxy) is 1. The minimum atomic E-state index is -3.22. The van der Waals surface area contributed by atoms with Crippen molar-refractivity contribution in [2.45, 2.75) is 11.8 Å². The van der Waals surface area contributed by atoms with Crippen molar-refractivity contribution in [3.8, 4) is 11.5 Å². The van der Waals surface area contributed by atoms with Gasteiger partial charge in [0.2, 0.25) is 5.91 Å². The monoisotopic (exact) mass is 374 g/mol.